The molecule has 25 heavy (non-hydrogen) atoms. The molecule has 0 saturated heterocycles. The first-order chi connectivity index (χ1) is 11.6. The number of nitrogens with zero attached hydrogens (tertiary/aromatic N) is 1. The van der Waals surface area contributed by atoms with Gasteiger partial charge < -0.3 is 15.4 Å². The van der Waals surface area contributed by atoms with Crippen molar-refractivity contribution in [1.29, 1.82) is 0 Å². The third-order valence-electron chi connectivity index (χ3n) is 3.35. The standard InChI is InChI=1S/C18H21F2N3O.HI/c1-13-3-5-14(6-4-13)12-23-18(21-2)22-9-10-24-17-8-7-15(19)11-16(17)20;/h3-8,11H,9-10,12H2,1-2H3,(H2,21,22,23);1H. The molecule has 0 atom stereocenters. The first-order valence-corrected chi connectivity index (χ1v) is 7.66. The zero-order chi connectivity index (χ0) is 17.4. The molecule has 0 heterocycles. The number of hydrogen-bond donors (Lipinski definition) is 2. The molecule has 0 aliphatic rings. The molecule has 136 valence electrons. The molecule has 0 unspecified atom stereocenters. The van der Waals surface area contributed by atoms with Gasteiger partial charge in [-0.25, -0.2) is 8.78 Å². The van der Waals surface area contributed by atoms with Crippen molar-refractivity contribution in [2.75, 3.05) is 20.2 Å². The maximum absolute atomic E-state index is 13.4. The molecule has 0 saturated carbocycles. The number of rotatable bonds is 6. The van der Waals surface area contributed by atoms with Gasteiger partial charge in [0.15, 0.2) is 17.5 Å². The predicted molar refractivity (Wildman–Crippen MR) is 107 cm³/mol. The highest BCUT2D eigenvalue weighted by Gasteiger charge is 2.04. The van der Waals surface area contributed by atoms with Crippen LogP contribution in [0.4, 0.5) is 8.78 Å². The minimum atomic E-state index is -0.711. The van der Waals surface area contributed by atoms with E-state index in [0.717, 1.165) is 17.7 Å². The second kappa shape index (κ2) is 10.9. The van der Waals surface area contributed by atoms with E-state index in [1.807, 2.05) is 6.92 Å². The van der Waals surface area contributed by atoms with Crippen LogP contribution in [0.2, 0.25) is 0 Å². The lowest BCUT2D eigenvalue weighted by atomic mass is 10.1. The van der Waals surface area contributed by atoms with Crippen molar-refractivity contribution in [3.05, 3.63) is 65.2 Å². The van der Waals surface area contributed by atoms with Gasteiger partial charge in [0.05, 0.1) is 6.54 Å². The number of aryl methyl sites for hydroxylation is 1. The second-order valence-corrected chi connectivity index (χ2v) is 5.26. The van der Waals surface area contributed by atoms with E-state index in [1.165, 1.54) is 11.6 Å². The Morgan fingerprint density at radius 3 is 2.44 bits per heavy atom. The van der Waals surface area contributed by atoms with Crippen LogP contribution in [0.1, 0.15) is 11.1 Å². The van der Waals surface area contributed by atoms with E-state index in [0.29, 0.717) is 19.0 Å². The van der Waals surface area contributed by atoms with Crippen LogP contribution in [0.3, 0.4) is 0 Å². The van der Waals surface area contributed by atoms with E-state index in [1.54, 1.807) is 7.05 Å². The molecule has 0 spiro atoms. The third kappa shape index (κ3) is 7.25. The maximum Gasteiger partial charge on any atom is 0.191 e. The summed E-state index contributed by atoms with van der Waals surface area (Å²) >= 11 is 0. The average molecular weight is 461 g/mol. The summed E-state index contributed by atoms with van der Waals surface area (Å²) in [6.45, 7) is 3.35. The molecule has 2 N–H and O–H groups in total. The van der Waals surface area contributed by atoms with Crippen molar-refractivity contribution in [2.24, 2.45) is 4.99 Å². The Kier molecular flexibility index (Phi) is 9.18. The molecule has 0 aliphatic carbocycles. The van der Waals surface area contributed by atoms with Crippen LogP contribution in [-0.2, 0) is 6.54 Å². The fraction of sp³-hybridized carbons (Fsp3) is 0.278. The van der Waals surface area contributed by atoms with Crippen LogP contribution in [0.5, 0.6) is 5.75 Å². The van der Waals surface area contributed by atoms with Crippen molar-refractivity contribution < 1.29 is 13.5 Å². The van der Waals surface area contributed by atoms with E-state index in [4.69, 9.17) is 4.74 Å². The number of hydrogen-bond acceptors (Lipinski definition) is 2. The average Bonchev–Trinajstić information content (AvgIpc) is 2.57. The lowest BCUT2D eigenvalue weighted by Gasteiger charge is -2.13. The first-order valence-electron chi connectivity index (χ1n) is 7.66. The van der Waals surface area contributed by atoms with Gasteiger partial charge in [-0.2, -0.15) is 0 Å². The molecule has 2 aromatic carbocycles. The van der Waals surface area contributed by atoms with Gasteiger partial charge in [0.25, 0.3) is 0 Å². The zero-order valence-electron chi connectivity index (χ0n) is 14.2. The van der Waals surface area contributed by atoms with Gasteiger partial charge in [0.2, 0.25) is 0 Å². The van der Waals surface area contributed by atoms with E-state index >= 15 is 0 Å². The molecule has 7 heteroatoms. The second-order valence-electron chi connectivity index (χ2n) is 5.26. The number of guanidine groups is 1. The number of nitrogens with one attached hydrogen (secondary N) is 2. The zero-order valence-corrected chi connectivity index (χ0v) is 16.5. The van der Waals surface area contributed by atoms with Crippen LogP contribution < -0.4 is 15.4 Å². The van der Waals surface area contributed by atoms with E-state index < -0.39 is 11.6 Å². The molecule has 0 amide bonds. The summed E-state index contributed by atoms with van der Waals surface area (Å²) in [6, 6.07) is 11.4. The van der Waals surface area contributed by atoms with Gasteiger partial charge in [-0.3, -0.25) is 4.99 Å². The molecule has 0 radical (unpaired) electrons. The Labute approximate surface area is 163 Å². The quantitative estimate of drug-likeness (QED) is 0.299. The van der Waals surface area contributed by atoms with Gasteiger partial charge in [-0.15, -0.1) is 24.0 Å². The topological polar surface area (TPSA) is 45.7 Å². The Morgan fingerprint density at radius 1 is 1.08 bits per heavy atom. The lowest BCUT2D eigenvalue weighted by molar-refractivity contribution is 0.304. The number of benzene rings is 2. The number of aliphatic imine (C=N–C) groups is 1. The highest BCUT2D eigenvalue weighted by atomic mass is 127. The van der Waals surface area contributed by atoms with E-state index in [9.17, 15) is 8.78 Å². The summed E-state index contributed by atoms with van der Waals surface area (Å²) in [4.78, 5) is 4.11. The van der Waals surface area contributed by atoms with E-state index in [2.05, 4.69) is 39.9 Å². The smallest absolute Gasteiger partial charge is 0.191 e. The van der Waals surface area contributed by atoms with Crippen LogP contribution in [-0.4, -0.2) is 26.2 Å². The summed E-state index contributed by atoms with van der Waals surface area (Å²) in [5.41, 5.74) is 2.36. The largest absolute Gasteiger partial charge is 0.489 e. The summed E-state index contributed by atoms with van der Waals surface area (Å²) in [5, 5.41) is 6.25. The Hall–Kier alpha value is -1.90. The van der Waals surface area contributed by atoms with E-state index in [-0.39, 0.29) is 36.3 Å². The number of halogens is 3. The summed E-state index contributed by atoms with van der Waals surface area (Å²) in [6.07, 6.45) is 0. The summed E-state index contributed by atoms with van der Waals surface area (Å²) < 4.78 is 31.5. The van der Waals surface area contributed by atoms with Crippen LogP contribution in [0.15, 0.2) is 47.5 Å². The van der Waals surface area contributed by atoms with Gasteiger partial charge in [0, 0.05) is 19.7 Å². The Balaban J connectivity index is 0.00000312. The molecule has 0 aromatic heterocycles. The van der Waals surface area contributed by atoms with Gasteiger partial charge in [-0.05, 0) is 24.6 Å². The lowest BCUT2D eigenvalue weighted by Crippen LogP contribution is -2.38. The monoisotopic (exact) mass is 461 g/mol. The fourth-order valence-corrected chi connectivity index (χ4v) is 2.04. The number of ether oxygens (including phenoxy) is 1. The third-order valence-corrected chi connectivity index (χ3v) is 3.35. The normalized spacial score (nSPS) is 10.8. The van der Waals surface area contributed by atoms with Crippen molar-refractivity contribution in [2.45, 2.75) is 13.5 Å². The van der Waals surface area contributed by atoms with Gasteiger partial charge in [0.1, 0.15) is 12.4 Å². The van der Waals surface area contributed by atoms with Crippen LogP contribution >= 0.6 is 24.0 Å². The molecule has 2 rings (SSSR count). The highest BCUT2D eigenvalue weighted by Crippen LogP contribution is 2.17. The summed E-state index contributed by atoms with van der Waals surface area (Å²) in [7, 11) is 1.67. The predicted octanol–water partition coefficient (Wildman–Crippen LogP) is 3.64. The van der Waals surface area contributed by atoms with Crippen LogP contribution in [0.25, 0.3) is 0 Å². The molecule has 0 aliphatic heterocycles. The van der Waals surface area contributed by atoms with Crippen LogP contribution in [0, 0.1) is 18.6 Å². The fourth-order valence-electron chi connectivity index (χ4n) is 2.04. The molecule has 2 aromatic rings. The van der Waals surface area contributed by atoms with Crippen molar-refractivity contribution >= 4 is 29.9 Å². The minimum absolute atomic E-state index is 0. The molecule has 0 fully saturated rings. The van der Waals surface area contributed by atoms with Gasteiger partial charge in [-0.1, -0.05) is 29.8 Å². The van der Waals surface area contributed by atoms with Gasteiger partial charge >= 0.3 is 0 Å². The first kappa shape index (κ1) is 21.1. The Morgan fingerprint density at radius 2 is 1.80 bits per heavy atom. The van der Waals surface area contributed by atoms with Crippen molar-refractivity contribution in [1.82, 2.24) is 10.6 Å². The van der Waals surface area contributed by atoms with Crippen molar-refractivity contribution in [3.63, 3.8) is 0 Å². The molecular formula is C18H22F2IN3O. The highest BCUT2D eigenvalue weighted by molar-refractivity contribution is 14.0. The maximum atomic E-state index is 13.4. The molecular weight excluding hydrogens is 439 g/mol. The summed E-state index contributed by atoms with van der Waals surface area (Å²) in [5.74, 6) is -0.685. The van der Waals surface area contributed by atoms with Crippen molar-refractivity contribution in [3.8, 4) is 5.75 Å². The Bertz CT molecular complexity index is 693. The SMILES string of the molecule is CN=C(NCCOc1ccc(F)cc1F)NCc1ccc(C)cc1.I. The minimum Gasteiger partial charge on any atom is -0.489 e. The molecule has 0 bridgehead atoms. The molecule has 4 nitrogen and oxygen atoms in total.